The Morgan fingerprint density at radius 3 is 2.47 bits per heavy atom. The topological polar surface area (TPSA) is 62.7 Å². The lowest BCUT2D eigenvalue weighted by atomic mass is 9.94. The summed E-state index contributed by atoms with van der Waals surface area (Å²) in [6.07, 6.45) is 0.336. The summed E-state index contributed by atoms with van der Waals surface area (Å²) in [6.45, 7) is 3.47. The van der Waals surface area contributed by atoms with E-state index in [-0.39, 0.29) is 17.4 Å². The summed E-state index contributed by atoms with van der Waals surface area (Å²) < 4.78 is 5.07. The SMILES string of the molecule is COc1ccc(C(C)CC(=O)C(C)=[N+]=[N-])cc1. The smallest absolute Gasteiger partial charge is 0.331 e. The summed E-state index contributed by atoms with van der Waals surface area (Å²) in [5.41, 5.74) is 9.71. The molecule has 1 aromatic rings. The van der Waals surface area contributed by atoms with Gasteiger partial charge in [0.25, 0.3) is 0 Å². The van der Waals surface area contributed by atoms with Crippen LogP contribution in [-0.4, -0.2) is 23.4 Å². The second-order valence-electron chi connectivity index (χ2n) is 3.99. The Bertz CT molecular complexity index is 445. The monoisotopic (exact) mass is 232 g/mol. The summed E-state index contributed by atoms with van der Waals surface area (Å²) in [4.78, 5) is 14.5. The molecule has 0 N–H and O–H groups in total. The van der Waals surface area contributed by atoms with Gasteiger partial charge in [-0.15, -0.1) is 0 Å². The summed E-state index contributed by atoms with van der Waals surface area (Å²) >= 11 is 0. The van der Waals surface area contributed by atoms with Gasteiger partial charge in [-0.2, -0.15) is 4.79 Å². The van der Waals surface area contributed by atoms with Gasteiger partial charge in [-0.1, -0.05) is 19.1 Å². The lowest BCUT2D eigenvalue weighted by Gasteiger charge is -2.10. The highest BCUT2D eigenvalue weighted by Crippen LogP contribution is 2.22. The standard InChI is InChI=1S/C13H16N2O2/c1-9(8-13(16)10(2)15-14)11-4-6-12(17-3)7-5-11/h4-7,9H,8H2,1-3H3. The van der Waals surface area contributed by atoms with Crippen molar-refractivity contribution < 1.29 is 14.3 Å². The molecule has 0 amide bonds. The molecule has 4 heteroatoms. The highest BCUT2D eigenvalue weighted by atomic mass is 16.5. The van der Waals surface area contributed by atoms with E-state index in [2.05, 4.69) is 4.79 Å². The van der Waals surface area contributed by atoms with Gasteiger partial charge < -0.3 is 10.3 Å². The molecule has 1 aromatic carbocycles. The van der Waals surface area contributed by atoms with Crippen molar-refractivity contribution in [1.82, 2.24) is 0 Å². The van der Waals surface area contributed by atoms with Crippen molar-refractivity contribution in [3.8, 4) is 5.75 Å². The average molecular weight is 232 g/mol. The number of hydrogen-bond donors (Lipinski definition) is 0. The number of rotatable bonds is 5. The van der Waals surface area contributed by atoms with E-state index in [0.29, 0.717) is 6.42 Å². The van der Waals surface area contributed by atoms with Gasteiger partial charge in [-0.3, -0.25) is 4.79 Å². The van der Waals surface area contributed by atoms with Gasteiger partial charge in [0.15, 0.2) is 0 Å². The minimum absolute atomic E-state index is 0.0881. The largest absolute Gasteiger partial charge is 0.497 e. The van der Waals surface area contributed by atoms with Crippen LogP contribution in [0.2, 0.25) is 0 Å². The molecule has 0 spiro atoms. The highest BCUT2D eigenvalue weighted by Gasteiger charge is 2.18. The molecule has 0 heterocycles. The predicted octanol–water partition coefficient (Wildman–Crippen LogP) is 2.45. The molecule has 1 rings (SSSR count). The van der Waals surface area contributed by atoms with Crippen LogP contribution in [0.1, 0.15) is 31.7 Å². The number of Topliss-reactive ketones (excluding diaryl/α,β-unsaturated/α-hetero) is 1. The molecule has 90 valence electrons. The van der Waals surface area contributed by atoms with E-state index < -0.39 is 0 Å². The first-order valence-corrected chi connectivity index (χ1v) is 5.44. The maximum atomic E-state index is 11.6. The van der Waals surface area contributed by atoms with Gasteiger partial charge in [0.2, 0.25) is 5.78 Å². The molecule has 0 fully saturated rings. The number of carbonyl (C=O) groups is 1. The van der Waals surface area contributed by atoms with Gasteiger partial charge in [0.05, 0.1) is 7.11 Å². The molecule has 0 bridgehead atoms. The Balaban J connectivity index is 2.72. The van der Waals surface area contributed by atoms with E-state index in [9.17, 15) is 4.79 Å². The molecular weight excluding hydrogens is 216 g/mol. The minimum Gasteiger partial charge on any atom is -0.497 e. The first kappa shape index (κ1) is 13.1. The van der Waals surface area contributed by atoms with Crippen LogP contribution < -0.4 is 4.74 Å². The Kier molecular flexibility index (Phi) is 4.61. The Morgan fingerprint density at radius 1 is 1.41 bits per heavy atom. The molecular formula is C13H16N2O2. The van der Waals surface area contributed by atoms with Crippen molar-refractivity contribution in [2.75, 3.05) is 7.11 Å². The van der Waals surface area contributed by atoms with Crippen LogP contribution in [0.3, 0.4) is 0 Å². The molecule has 0 aliphatic heterocycles. The molecule has 1 unspecified atom stereocenters. The molecule has 17 heavy (non-hydrogen) atoms. The van der Waals surface area contributed by atoms with Crippen LogP contribution in [0, 0.1) is 0 Å². The normalized spacial score (nSPS) is 11.5. The van der Waals surface area contributed by atoms with Crippen molar-refractivity contribution in [3.63, 3.8) is 0 Å². The van der Waals surface area contributed by atoms with Crippen molar-refractivity contribution in [3.05, 3.63) is 35.4 Å². The van der Waals surface area contributed by atoms with Crippen molar-refractivity contribution in [2.45, 2.75) is 26.2 Å². The quantitative estimate of drug-likeness (QED) is 0.444. The lowest BCUT2D eigenvalue weighted by Crippen LogP contribution is -2.13. The number of benzene rings is 1. The van der Waals surface area contributed by atoms with E-state index in [1.165, 1.54) is 6.92 Å². The first-order chi connectivity index (χ1) is 8.08. The fourth-order valence-corrected chi connectivity index (χ4v) is 1.53. The lowest BCUT2D eigenvalue weighted by molar-refractivity contribution is -0.117. The molecule has 0 aliphatic rings. The number of ketones is 1. The van der Waals surface area contributed by atoms with E-state index in [4.69, 9.17) is 10.3 Å². The highest BCUT2D eigenvalue weighted by molar-refractivity contribution is 6.36. The van der Waals surface area contributed by atoms with E-state index >= 15 is 0 Å². The van der Waals surface area contributed by atoms with Gasteiger partial charge >= 0.3 is 5.71 Å². The van der Waals surface area contributed by atoms with Crippen LogP contribution in [0.15, 0.2) is 24.3 Å². The zero-order chi connectivity index (χ0) is 12.8. The summed E-state index contributed by atoms with van der Waals surface area (Å²) in [7, 11) is 1.61. The maximum absolute atomic E-state index is 11.6. The van der Waals surface area contributed by atoms with E-state index in [1.807, 2.05) is 31.2 Å². The number of nitrogens with zero attached hydrogens (tertiary/aromatic N) is 2. The Morgan fingerprint density at radius 2 is 2.00 bits per heavy atom. The van der Waals surface area contributed by atoms with Crippen LogP contribution >= 0.6 is 0 Å². The third-order valence-corrected chi connectivity index (χ3v) is 2.73. The van der Waals surface area contributed by atoms with Gasteiger partial charge in [-0.25, -0.2) is 0 Å². The molecule has 0 radical (unpaired) electrons. The summed E-state index contributed by atoms with van der Waals surface area (Å²) in [5.74, 6) is 0.737. The number of hydrogen-bond acceptors (Lipinski definition) is 2. The van der Waals surface area contributed by atoms with Gasteiger partial charge in [0, 0.05) is 13.3 Å². The van der Waals surface area contributed by atoms with E-state index in [0.717, 1.165) is 11.3 Å². The first-order valence-electron chi connectivity index (χ1n) is 5.44. The van der Waals surface area contributed by atoms with E-state index in [1.54, 1.807) is 7.11 Å². The van der Waals surface area contributed by atoms with Crippen molar-refractivity contribution in [2.24, 2.45) is 0 Å². The number of carbonyl (C=O) groups excluding carboxylic acids is 1. The predicted molar refractivity (Wildman–Crippen MR) is 65.3 cm³/mol. The second kappa shape index (κ2) is 5.97. The molecule has 1 atom stereocenters. The van der Waals surface area contributed by atoms with Crippen molar-refractivity contribution >= 4 is 11.5 Å². The molecule has 4 nitrogen and oxygen atoms in total. The number of ether oxygens (including phenoxy) is 1. The third kappa shape index (κ3) is 3.54. The molecule has 0 saturated carbocycles. The van der Waals surface area contributed by atoms with Gasteiger partial charge in [-0.05, 0) is 23.6 Å². The average Bonchev–Trinajstić information content (AvgIpc) is 2.37. The summed E-state index contributed by atoms with van der Waals surface area (Å²) in [5, 5.41) is 0. The Labute approximate surface area is 101 Å². The van der Waals surface area contributed by atoms with Crippen LogP contribution in [0.4, 0.5) is 0 Å². The second-order valence-corrected chi connectivity index (χ2v) is 3.99. The Hall–Kier alpha value is -1.93. The van der Waals surface area contributed by atoms with Crippen LogP contribution in [0.25, 0.3) is 5.53 Å². The third-order valence-electron chi connectivity index (χ3n) is 2.73. The van der Waals surface area contributed by atoms with Crippen LogP contribution in [0.5, 0.6) is 5.75 Å². The maximum Gasteiger partial charge on any atom is 0.331 e. The zero-order valence-electron chi connectivity index (χ0n) is 10.3. The zero-order valence-corrected chi connectivity index (χ0v) is 10.3. The minimum atomic E-state index is -0.143. The van der Waals surface area contributed by atoms with Gasteiger partial charge in [0.1, 0.15) is 5.75 Å². The van der Waals surface area contributed by atoms with Crippen LogP contribution in [-0.2, 0) is 4.79 Å². The molecule has 0 saturated heterocycles. The number of methoxy groups -OCH3 is 1. The summed E-state index contributed by atoms with van der Waals surface area (Å²) in [6, 6.07) is 7.59. The fourth-order valence-electron chi connectivity index (χ4n) is 1.53. The molecule has 0 aliphatic carbocycles. The molecule has 0 aromatic heterocycles. The fraction of sp³-hybridized carbons (Fsp3) is 0.385. The van der Waals surface area contributed by atoms with Crippen molar-refractivity contribution in [1.29, 1.82) is 0 Å².